The van der Waals surface area contributed by atoms with E-state index in [1.54, 1.807) is 0 Å². The predicted octanol–water partition coefficient (Wildman–Crippen LogP) is 1.29. The van der Waals surface area contributed by atoms with E-state index in [0.29, 0.717) is 4.09 Å². The number of allylic oxidation sites excluding steroid dienone is 1. The van der Waals surface area contributed by atoms with E-state index in [1.807, 2.05) is 6.08 Å². The van der Waals surface area contributed by atoms with Crippen molar-refractivity contribution in [3.63, 3.8) is 0 Å². The third-order valence-corrected chi connectivity index (χ3v) is 1.53. The van der Waals surface area contributed by atoms with Crippen molar-refractivity contribution < 1.29 is 0 Å². The van der Waals surface area contributed by atoms with Crippen LogP contribution in [0.15, 0.2) is 12.7 Å². The van der Waals surface area contributed by atoms with Crippen LogP contribution in [-0.2, 0) is 0 Å². The molecule has 0 bridgehead atoms. The Bertz CT molecular complexity index is 72.0. The molecule has 1 saturated carbocycles. The van der Waals surface area contributed by atoms with Crippen molar-refractivity contribution in [2.75, 3.05) is 0 Å². The fourth-order valence-electron chi connectivity index (χ4n) is 0.401. The molecule has 0 nitrogen and oxygen atoms in total. The number of hydrogen-bond acceptors (Lipinski definition) is 0. The molecule has 6 heavy (non-hydrogen) atoms. The van der Waals surface area contributed by atoms with Crippen LogP contribution in [-0.4, -0.2) is 17.7 Å². The standard InChI is InChI=1S/C5H7.Li/c1-2-5-3-4-5;/h2H,1,3-4H2;. The van der Waals surface area contributed by atoms with E-state index >= 15 is 0 Å². The average Bonchev–Trinajstić information content (AvgIpc) is 2.22. The fraction of sp³-hybridized carbons (Fsp3) is 0.600. The van der Waals surface area contributed by atoms with E-state index in [-0.39, 0.29) is 0 Å². The second-order valence-electron chi connectivity index (χ2n) is 2.36. The van der Waals surface area contributed by atoms with E-state index in [9.17, 15) is 0 Å². The SMILES string of the molecule is [Li][C]1(C=C)CC1. The first-order valence-electron chi connectivity index (χ1n) is 2.40. The van der Waals surface area contributed by atoms with Crippen molar-refractivity contribution in [2.45, 2.75) is 16.9 Å². The van der Waals surface area contributed by atoms with Crippen molar-refractivity contribution in [3.8, 4) is 0 Å². The third kappa shape index (κ3) is 0.695. The predicted molar refractivity (Wildman–Crippen MR) is 27.9 cm³/mol. The van der Waals surface area contributed by atoms with Crippen molar-refractivity contribution in [1.29, 1.82) is 0 Å². The molecule has 0 N–H and O–H groups in total. The normalized spacial score (nSPS) is 26.3. The number of rotatable bonds is 1. The second kappa shape index (κ2) is 1.15. The Balaban J connectivity index is 2.47. The van der Waals surface area contributed by atoms with Gasteiger partial charge in [0.1, 0.15) is 0 Å². The summed E-state index contributed by atoms with van der Waals surface area (Å²) in [4.78, 5) is 0. The first-order valence-corrected chi connectivity index (χ1v) is 2.40. The van der Waals surface area contributed by atoms with E-state index in [4.69, 9.17) is 0 Å². The third-order valence-electron chi connectivity index (χ3n) is 1.53. The van der Waals surface area contributed by atoms with Crippen LogP contribution in [0.25, 0.3) is 0 Å². The van der Waals surface area contributed by atoms with Crippen LogP contribution >= 0.6 is 0 Å². The van der Waals surface area contributed by atoms with Gasteiger partial charge in [0.25, 0.3) is 0 Å². The zero-order valence-electron chi connectivity index (χ0n) is 4.20. The molecule has 1 fully saturated rings. The minimum atomic E-state index is 0.556. The molecule has 0 aliphatic heterocycles. The van der Waals surface area contributed by atoms with Crippen LogP contribution in [0.2, 0.25) is 4.09 Å². The Morgan fingerprint density at radius 1 is 1.67 bits per heavy atom. The van der Waals surface area contributed by atoms with Gasteiger partial charge in [-0.15, -0.1) is 0 Å². The van der Waals surface area contributed by atoms with Gasteiger partial charge in [-0.05, 0) is 0 Å². The molecule has 0 spiro atoms. The van der Waals surface area contributed by atoms with Crippen molar-refractivity contribution in [2.24, 2.45) is 0 Å². The molecule has 0 amide bonds. The molecule has 0 aromatic rings. The molecule has 1 rings (SSSR count). The van der Waals surface area contributed by atoms with Crippen molar-refractivity contribution in [3.05, 3.63) is 12.7 Å². The van der Waals surface area contributed by atoms with Crippen LogP contribution in [0.4, 0.5) is 0 Å². The molecule has 1 aliphatic rings. The van der Waals surface area contributed by atoms with Gasteiger partial charge in [-0.2, -0.15) is 0 Å². The zero-order valence-corrected chi connectivity index (χ0v) is 4.20. The molecular formula is C5H7Li. The summed E-state index contributed by atoms with van der Waals surface area (Å²) in [7, 11) is 0. The van der Waals surface area contributed by atoms with Crippen LogP contribution in [0.1, 0.15) is 12.8 Å². The minimum absolute atomic E-state index is 0.556. The summed E-state index contributed by atoms with van der Waals surface area (Å²) in [6.45, 7) is 3.69. The van der Waals surface area contributed by atoms with Gasteiger partial charge < -0.3 is 0 Å². The van der Waals surface area contributed by atoms with Gasteiger partial charge in [-0.25, -0.2) is 0 Å². The molecule has 28 valence electrons. The van der Waals surface area contributed by atoms with Gasteiger partial charge in [0, 0.05) is 0 Å². The molecule has 0 aromatic heterocycles. The second-order valence-corrected chi connectivity index (χ2v) is 2.36. The molecule has 0 aromatic carbocycles. The summed E-state index contributed by atoms with van der Waals surface area (Å²) >= 11 is 2.24. The summed E-state index contributed by atoms with van der Waals surface area (Å²) < 4.78 is 0.556. The van der Waals surface area contributed by atoms with Crippen molar-refractivity contribution >= 4 is 17.7 Å². The van der Waals surface area contributed by atoms with E-state index < -0.39 is 0 Å². The maximum absolute atomic E-state index is 3.69. The molecule has 0 unspecified atom stereocenters. The topological polar surface area (TPSA) is 0 Å². The first kappa shape index (κ1) is 4.50. The Morgan fingerprint density at radius 3 is 2.17 bits per heavy atom. The summed E-state index contributed by atoms with van der Waals surface area (Å²) in [5, 5.41) is 0. The van der Waals surface area contributed by atoms with Crippen molar-refractivity contribution in [1.82, 2.24) is 0 Å². The van der Waals surface area contributed by atoms with E-state index in [2.05, 4.69) is 24.3 Å². The van der Waals surface area contributed by atoms with Gasteiger partial charge in [-0.1, -0.05) is 0 Å². The van der Waals surface area contributed by atoms with Gasteiger partial charge in [-0.3, -0.25) is 0 Å². The number of hydrogen-bond donors (Lipinski definition) is 0. The monoisotopic (exact) mass is 74.1 g/mol. The first-order chi connectivity index (χ1) is 2.77. The van der Waals surface area contributed by atoms with Crippen LogP contribution in [0.3, 0.4) is 0 Å². The Hall–Kier alpha value is 0.337. The van der Waals surface area contributed by atoms with Gasteiger partial charge in [0.2, 0.25) is 0 Å². The summed E-state index contributed by atoms with van der Waals surface area (Å²) in [6, 6.07) is 0. The molecular weight excluding hydrogens is 67.0 g/mol. The van der Waals surface area contributed by atoms with Gasteiger partial charge >= 0.3 is 47.3 Å². The van der Waals surface area contributed by atoms with Crippen LogP contribution in [0.5, 0.6) is 0 Å². The fourth-order valence-corrected chi connectivity index (χ4v) is 0.401. The molecule has 0 heterocycles. The van der Waals surface area contributed by atoms with Crippen LogP contribution < -0.4 is 0 Å². The molecule has 0 radical (unpaired) electrons. The summed E-state index contributed by atoms with van der Waals surface area (Å²) in [5.41, 5.74) is 0. The quantitative estimate of drug-likeness (QED) is 0.325. The Morgan fingerprint density at radius 2 is 2.17 bits per heavy atom. The molecule has 1 aliphatic carbocycles. The zero-order chi connectivity index (χ0) is 4.62. The van der Waals surface area contributed by atoms with Gasteiger partial charge in [0.15, 0.2) is 0 Å². The Labute approximate surface area is 47.8 Å². The maximum atomic E-state index is 3.69. The molecule has 0 saturated heterocycles. The average molecular weight is 74.1 g/mol. The van der Waals surface area contributed by atoms with E-state index in [0.717, 1.165) is 0 Å². The van der Waals surface area contributed by atoms with E-state index in [1.165, 1.54) is 12.8 Å². The summed E-state index contributed by atoms with van der Waals surface area (Å²) in [6.07, 6.45) is 4.76. The molecule has 0 atom stereocenters. The van der Waals surface area contributed by atoms with Gasteiger partial charge in [0.05, 0.1) is 0 Å². The van der Waals surface area contributed by atoms with Crippen LogP contribution in [0, 0.1) is 0 Å². The molecule has 1 heteroatoms. The Kier molecular flexibility index (Phi) is 0.863. The summed E-state index contributed by atoms with van der Waals surface area (Å²) in [5.74, 6) is 0.